The Morgan fingerprint density at radius 2 is 2.30 bits per heavy atom. The van der Waals surface area contributed by atoms with Crippen LogP contribution in [0.5, 0.6) is 0 Å². The van der Waals surface area contributed by atoms with Gasteiger partial charge < -0.3 is 10.6 Å². The lowest BCUT2D eigenvalue weighted by Gasteiger charge is -2.18. The molecule has 110 valence electrons. The van der Waals surface area contributed by atoms with Crippen molar-refractivity contribution in [3.8, 4) is 0 Å². The first kappa shape index (κ1) is 13.9. The maximum Gasteiger partial charge on any atom is 0.191 e. The van der Waals surface area contributed by atoms with E-state index in [1.165, 1.54) is 42.8 Å². The van der Waals surface area contributed by atoms with Crippen molar-refractivity contribution in [2.45, 2.75) is 44.8 Å². The van der Waals surface area contributed by atoms with Gasteiger partial charge in [-0.3, -0.25) is 9.89 Å². The summed E-state index contributed by atoms with van der Waals surface area (Å²) in [7, 11) is 1.85. The lowest BCUT2D eigenvalue weighted by Crippen LogP contribution is -2.44. The predicted octanol–water partition coefficient (Wildman–Crippen LogP) is 1.96. The molecule has 2 aliphatic rings. The topological polar surface area (TPSA) is 39.7 Å². The fourth-order valence-electron chi connectivity index (χ4n) is 2.81. The maximum atomic E-state index is 4.35. The van der Waals surface area contributed by atoms with E-state index in [9.17, 15) is 0 Å². The van der Waals surface area contributed by atoms with Crippen LogP contribution in [0.15, 0.2) is 16.4 Å². The first-order chi connectivity index (χ1) is 9.76. The summed E-state index contributed by atoms with van der Waals surface area (Å²) in [6, 6.07) is 3.60. The van der Waals surface area contributed by atoms with Crippen LogP contribution in [0.25, 0.3) is 0 Å². The number of hydrogen-bond donors (Lipinski definition) is 2. The minimum Gasteiger partial charge on any atom is -0.352 e. The second-order valence-electron chi connectivity index (χ2n) is 5.81. The van der Waals surface area contributed by atoms with E-state index in [4.69, 9.17) is 0 Å². The molecule has 1 aromatic heterocycles. The minimum atomic E-state index is 0.547. The Labute approximate surface area is 125 Å². The Kier molecular flexibility index (Phi) is 4.27. The van der Waals surface area contributed by atoms with Gasteiger partial charge >= 0.3 is 0 Å². The molecule has 0 bridgehead atoms. The number of aliphatic imine (C=N–C) groups is 1. The van der Waals surface area contributed by atoms with Crippen molar-refractivity contribution in [2.75, 3.05) is 20.1 Å². The third-order valence-electron chi connectivity index (χ3n) is 4.23. The van der Waals surface area contributed by atoms with Crippen molar-refractivity contribution < 1.29 is 0 Å². The zero-order valence-corrected chi connectivity index (χ0v) is 13.2. The van der Waals surface area contributed by atoms with Gasteiger partial charge in [-0.25, -0.2) is 0 Å². The number of hydrogen-bond acceptors (Lipinski definition) is 3. The van der Waals surface area contributed by atoms with E-state index >= 15 is 0 Å². The molecule has 0 spiro atoms. The van der Waals surface area contributed by atoms with Crippen molar-refractivity contribution in [3.05, 3.63) is 21.9 Å². The van der Waals surface area contributed by atoms with E-state index < -0.39 is 0 Å². The predicted molar refractivity (Wildman–Crippen MR) is 85.4 cm³/mol. The molecule has 2 fully saturated rings. The molecule has 0 radical (unpaired) electrons. The Morgan fingerprint density at radius 3 is 2.95 bits per heavy atom. The Bertz CT molecular complexity index is 478. The lowest BCUT2D eigenvalue weighted by molar-refractivity contribution is 0.321. The summed E-state index contributed by atoms with van der Waals surface area (Å²) >= 11 is 1.80. The van der Waals surface area contributed by atoms with Crippen LogP contribution in [-0.2, 0) is 6.54 Å². The molecule has 2 heterocycles. The maximum absolute atomic E-state index is 4.35. The lowest BCUT2D eigenvalue weighted by atomic mass is 10.2. The van der Waals surface area contributed by atoms with Crippen molar-refractivity contribution >= 4 is 17.3 Å². The van der Waals surface area contributed by atoms with Gasteiger partial charge in [0.05, 0.1) is 6.54 Å². The summed E-state index contributed by atoms with van der Waals surface area (Å²) in [4.78, 5) is 8.35. The molecule has 1 aliphatic heterocycles. The summed E-state index contributed by atoms with van der Waals surface area (Å²) in [5, 5.41) is 9.14. The summed E-state index contributed by atoms with van der Waals surface area (Å²) in [5.74, 6) is 0.931. The molecule has 1 aromatic rings. The molecule has 0 amide bonds. The van der Waals surface area contributed by atoms with E-state index in [2.05, 4.69) is 38.9 Å². The van der Waals surface area contributed by atoms with Crippen LogP contribution in [0, 0.1) is 6.92 Å². The van der Waals surface area contributed by atoms with E-state index in [-0.39, 0.29) is 0 Å². The zero-order valence-electron chi connectivity index (χ0n) is 12.4. The fourth-order valence-corrected chi connectivity index (χ4v) is 3.66. The van der Waals surface area contributed by atoms with Gasteiger partial charge in [-0.2, -0.15) is 0 Å². The van der Waals surface area contributed by atoms with Gasteiger partial charge in [-0.05, 0) is 43.2 Å². The van der Waals surface area contributed by atoms with Gasteiger partial charge in [-0.1, -0.05) is 0 Å². The standard InChI is InChI=1S/C15H24N4S/c1-11-6-8-20-14(11)9-17-15(16-2)18-12-5-7-19(10-12)13-3-4-13/h6,8,12-13H,3-5,7,9-10H2,1-2H3,(H2,16,17,18). The smallest absolute Gasteiger partial charge is 0.191 e. The number of nitrogens with zero attached hydrogens (tertiary/aromatic N) is 2. The number of aryl methyl sites for hydroxylation is 1. The summed E-state index contributed by atoms with van der Waals surface area (Å²) < 4.78 is 0. The molecule has 2 N–H and O–H groups in total. The Morgan fingerprint density at radius 1 is 1.45 bits per heavy atom. The van der Waals surface area contributed by atoms with E-state index in [0.717, 1.165) is 18.5 Å². The number of likely N-dealkylation sites (tertiary alicyclic amines) is 1. The minimum absolute atomic E-state index is 0.547. The van der Waals surface area contributed by atoms with E-state index in [1.54, 1.807) is 11.3 Å². The molecule has 1 atom stereocenters. The quantitative estimate of drug-likeness (QED) is 0.658. The summed E-state index contributed by atoms with van der Waals surface area (Å²) in [5.41, 5.74) is 1.36. The molecular formula is C15H24N4S. The van der Waals surface area contributed by atoms with Crippen molar-refractivity contribution in [1.82, 2.24) is 15.5 Å². The number of guanidine groups is 1. The van der Waals surface area contributed by atoms with E-state index in [1.807, 2.05) is 7.05 Å². The zero-order chi connectivity index (χ0) is 13.9. The van der Waals surface area contributed by atoms with Gasteiger partial charge in [0, 0.05) is 37.1 Å². The monoisotopic (exact) mass is 292 g/mol. The highest BCUT2D eigenvalue weighted by atomic mass is 32.1. The highest BCUT2D eigenvalue weighted by molar-refractivity contribution is 7.10. The van der Waals surface area contributed by atoms with Crippen LogP contribution in [0.4, 0.5) is 0 Å². The number of thiophene rings is 1. The van der Waals surface area contributed by atoms with Gasteiger partial charge in [0.2, 0.25) is 0 Å². The molecule has 1 saturated heterocycles. The van der Waals surface area contributed by atoms with Gasteiger partial charge in [0.1, 0.15) is 0 Å². The fraction of sp³-hybridized carbons (Fsp3) is 0.667. The molecule has 20 heavy (non-hydrogen) atoms. The van der Waals surface area contributed by atoms with Gasteiger partial charge in [0.15, 0.2) is 5.96 Å². The van der Waals surface area contributed by atoms with E-state index in [0.29, 0.717) is 6.04 Å². The van der Waals surface area contributed by atoms with Gasteiger partial charge in [-0.15, -0.1) is 11.3 Å². The van der Waals surface area contributed by atoms with Crippen molar-refractivity contribution in [3.63, 3.8) is 0 Å². The van der Waals surface area contributed by atoms with Crippen LogP contribution in [0.2, 0.25) is 0 Å². The second-order valence-corrected chi connectivity index (χ2v) is 6.81. The first-order valence-corrected chi connectivity index (χ1v) is 8.38. The van der Waals surface area contributed by atoms with Crippen LogP contribution in [0.3, 0.4) is 0 Å². The normalized spacial score (nSPS) is 24.1. The van der Waals surface area contributed by atoms with Crippen LogP contribution in [0.1, 0.15) is 29.7 Å². The van der Waals surface area contributed by atoms with Crippen molar-refractivity contribution in [1.29, 1.82) is 0 Å². The second kappa shape index (κ2) is 6.14. The van der Waals surface area contributed by atoms with Crippen LogP contribution in [-0.4, -0.2) is 43.1 Å². The van der Waals surface area contributed by atoms with Gasteiger partial charge in [0.25, 0.3) is 0 Å². The molecular weight excluding hydrogens is 268 g/mol. The van der Waals surface area contributed by atoms with Crippen LogP contribution >= 0.6 is 11.3 Å². The molecule has 0 aromatic carbocycles. The Balaban J connectivity index is 1.46. The molecule has 5 heteroatoms. The molecule has 3 rings (SSSR count). The SMILES string of the molecule is CN=C(NCc1sccc1C)NC1CCN(C2CC2)C1. The number of nitrogens with one attached hydrogen (secondary N) is 2. The highest BCUT2D eigenvalue weighted by Crippen LogP contribution is 2.29. The highest BCUT2D eigenvalue weighted by Gasteiger charge is 2.34. The molecule has 1 aliphatic carbocycles. The summed E-state index contributed by atoms with van der Waals surface area (Å²) in [6.45, 7) is 5.43. The molecule has 1 saturated carbocycles. The third-order valence-corrected chi connectivity index (χ3v) is 5.25. The average Bonchev–Trinajstić information content (AvgIpc) is 3.07. The third kappa shape index (κ3) is 3.33. The average molecular weight is 292 g/mol. The largest absolute Gasteiger partial charge is 0.352 e. The number of rotatable bonds is 4. The summed E-state index contributed by atoms with van der Waals surface area (Å²) in [6.07, 6.45) is 4.03. The molecule has 1 unspecified atom stereocenters. The first-order valence-electron chi connectivity index (χ1n) is 7.50. The Hall–Kier alpha value is -1.07. The molecule has 4 nitrogen and oxygen atoms in total. The van der Waals surface area contributed by atoms with Crippen molar-refractivity contribution in [2.24, 2.45) is 4.99 Å². The van der Waals surface area contributed by atoms with Crippen LogP contribution < -0.4 is 10.6 Å².